The third-order valence-electron chi connectivity index (χ3n) is 3.25. The first-order valence-corrected chi connectivity index (χ1v) is 7.38. The lowest BCUT2D eigenvalue weighted by Crippen LogP contribution is -2.01. The van der Waals surface area contributed by atoms with Gasteiger partial charge in [-0.1, -0.05) is 48.9 Å². The summed E-state index contributed by atoms with van der Waals surface area (Å²) in [7, 11) is 0. The number of fused-ring (bicyclic) bond motifs is 1. The minimum Gasteiger partial charge on any atom is -0.220 e. The van der Waals surface area contributed by atoms with Crippen LogP contribution < -0.4 is 0 Å². The van der Waals surface area contributed by atoms with Crippen molar-refractivity contribution in [2.75, 3.05) is 0 Å². The maximum Gasteiger partial charge on any atom is 0.175 e. The molecule has 0 N–H and O–H groups in total. The summed E-state index contributed by atoms with van der Waals surface area (Å²) >= 11 is 9.48. The molecule has 0 saturated heterocycles. The fourth-order valence-electron chi connectivity index (χ4n) is 2.10. The van der Waals surface area contributed by atoms with Crippen LogP contribution in [0.25, 0.3) is 5.65 Å². The summed E-state index contributed by atoms with van der Waals surface area (Å²) in [6.45, 7) is 3.94. The van der Waals surface area contributed by atoms with E-state index in [0.29, 0.717) is 21.1 Å². The zero-order valence-electron chi connectivity index (χ0n) is 11.0. The average Bonchev–Trinajstić information content (AvgIpc) is 2.91. The van der Waals surface area contributed by atoms with Gasteiger partial charge in [0.15, 0.2) is 11.5 Å². The van der Waals surface area contributed by atoms with Gasteiger partial charge >= 0.3 is 0 Å². The summed E-state index contributed by atoms with van der Waals surface area (Å²) in [5.74, 6) is 1.58. The highest BCUT2D eigenvalue weighted by Gasteiger charge is 2.18. The van der Waals surface area contributed by atoms with Crippen molar-refractivity contribution in [1.29, 1.82) is 0 Å². The molecule has 4 nitrogen and oxygen atoms in total. The van der Waals surface area contributed by atoms with Crippen molar-refractivity contribution in [3.63, 3.8) is 0 Å². The van der Waals surface area contributed by atoms with Gasteiger partial charge in [-0.15, -0.1) is 5.10 Å². The molecule has 0 aliphatic heterocycles. The van der Waals surface area contributed by atoms with Gasteiger partial charge in [0.2, 0.25) is 0 Å². The number of nitrogens with zero attached hydrogens (tertiary/aromatic N) is 4. The van der Waals surface area contributed by atoms with Gasteiger partial charge < -0.3 is 0 Å². The monoisotopic (exact) mass is 350 g/mol. The molecule has 0 spiro atoms. The van der Waals surface area contributed by atoms with Crippen LogP contribution in [0.2, 0.25) is 5.15 Å². The van der Waals surface area contributed by atoms with Crippen LogP contribution in [0, 0.1) is 6.92 Å². The number of hydrogen-bond acceptors (Lipinski definition) is 3. The number of benzene rings is 1. The van der Waals surface area contributed by atoms with Crippen LogP contribution >= 0.6 is 27.5 Å². The van der Waals surface area contributed by atoms with Crippen LogP contribution in [-0.2, 0) is 0 Å². The van der Waals surface area contributed by atoms with Crippen LogP contribution in [0.5, 0.6) is 0 Å². The number of hydrogen-bond donors (Lipinski definition) is 0. The smallest absolute Gasteiger partial charge is 0.175 e. The largest absolute Gasteiger partial charge is 0.220 e. The highest BCUT2D eigenvalue weighted by atomic mass is 79.9. The van der Waals surface area contributed by atoms with Crippen LogP contribution in [0.1, 0.15) is 30.1 Å². The first-order chi connectivity index (χ1) is 9.58. The molecule has 0 aliphatic rings. The van der Waals surface area contributed by atoms with Crippen molar-refractivity contribution in [1.82, 2.24) is 19.6 Å². The second kappa shape index (κ2) is 5.14. The lowest BCUT2D eigenvalue weighted by atomic mass is 10.0. The zero-order chi connectivity index (χ0) is 14.3. The van der Waals surface area contributed by atoms with Gasteiger partial charge in [-0.3, -0.25) is 0 Å². The second-order valence-electron chi connectivity index (χ2n) is 4.60. The quantitative estimate of drug-likeness (QED) is 0.655. The van der Waals surface area contributed by atoms with Crippen molar-refractivity contribution in [3.8, 4) is 0 Å². The molecule has 20 heavy (non-hydrogen) atoms. The molecule has 1 aromatic carbocycles. The van der Waals surface area contributed by atoms with E-state index in [9.17, 15) is 0 Å². The molecule has 1 atom stereocenters. The van der Waals surface area contributed by atoms with Crippen molar-refractivity contribution in [3.05, 3.63) is 57.2 Å². The van der Waals surface area contributed by atoms with E-state index in [-0.39, 0.29) is 5.92 Å². The number of aryl methyl sites for hydroxylation is 1. The van der Waals surface area contributed by atoms with E-state index in [1.54, 1.807) is 4.52 Å². The predicted molar refractivity (Wildman–Crippen MR) is 82.2 cm³/mol. The molecule has 0 amide bonds. The van der Waals surface area contributed by atoms with Crippen LogP contribution in [0.4, 0.5) is 0 Å². The predicted octanol–water partition coefficient (Wildman–Crippen LogP) is 4.00. The molecule has 0 bridgehead atoms. The molecule has 6 heteroatoms. The number of halogens is 2. The Morgan fingerprint density at radius 1 is 1.20 bits per heavy atom. The van der Waals surface area contributed by atoms with E-state index in [4.69, 9.17) is 11.6 Å². The van der Waals surface area contributed by atoms with Crippen LogP contribution in [-0.4, -0.2) is 19.6 Å². The summed E-state index contributed by atoms with van der Waals surface area (Å²) in [4.78, 5) is 8.82. The highest BCUT2D eigenvalue weighted by molar-refractivity contribution is 9.10. The maximum atomic E-state index is 6.06. The number of aromatic nitrogens is 4. The van der Waals surface area contributed by atoms with Crippen molar-refractivity contribution < 1.29 is 0 Å². The average molecular weight is 352 g/mol. The Kier molecular flexibility index (Phi) is 3.48. The molecule has 0 aliphatic carbocycles. The SMILES string of the molecule is Cc1nc(Cl)c(Br)c2nc(C(C)c3ccccc3)nn12. The van der Waals surface area contributed by atoms with Gasteiger partial charge in [-0.2, -0.15) is 4.52 Å². The Hall–Kier alpha value is -1.46. The highest BCUT2D eigenvalue weighted by Crippen LogP contribution is 2.28. The molecule has 3 aromatic rings. The summed E-state index contributed by atoms with van der Waals surface area (Å²) in [5, 5.41) is 4.95. The standard InChI is InChI=1S/C14H12BrClN4/c1-8(10-6-4-3-5-7-10)13-18-14-11(15)12(16)17-9(2)20(14)19-13/h3-8H,1-2H3. The van der Waals surface area contributed by atoms with Crippen molar-refractivity contribution in [2.45, 2.75) is 19.8 Å². The molecule has 102 valence electrons. The van der Waals surface area contributed by atoms with E-state index in [2.05, 4.69) is 50.1 Å². The number of rotatable bonds is 2. The Bertz CT molecular complexity index is 770. The third-order valence-corrected chi connectivity index (χ3v) is 4.49. The summed E-state index contributed by atoms with van der Waals surface area (Å²) in [5.41, 5.74) is 1.87. The third kappa shape index (κ3) is 2.21. The Labute approximate surface area is 129 Å². The Balaban J connectivity index is 2.14. The Morgan fingerprint density at radius 3 is 2.60 bits per heavy atom. The topological polar surface area (TPSA) is 43.1 Å². The molecule has 0 saturated carbocycles. The lowest BCUT2D eigenvalue weighted by molar-refractivity contribution is 0.778. The summed E-state index contributed by atoms with van der Waals surface area (Å²) in [6, 6.07) is 10.2. The fourth-order valence-corrected chi connectivity index (χ4v) is 2.65. The minimum atomic E-state index is 0.112. The van der Waals surface area contributed by atoms with Crippen molar-refractivity contribution in [2.24, 2.45) is 0 Å². The van der Waals surface area contributed by atoms with Crippen LogP contribution in [0.15, 0.2) is 34.8 Å². The Morgan fingerprint density at radius 2 is 1.90 bits per heavy atom. The molecular formula is C14H12BrClN4. The van der Waals surface area contributed by atoms with E-state index in [1.807, 2.05) is 25.1 Å². The van der Waals surface area contributed by atoms with E-state index in [0.717, 1.165) is 5.82 Å². The molecule has 0 radical (unpaired) electrons. The van der Waals surface area contributed by atoms with Gasteiger partial charge in [-0.25, -0.2) is 9.97 Å². The molecule has 2 aromatic heterocycles. The fraction of sp³-hybridized carbons (Fsp3) is 0.214. The van der Waals surface area contributed by atoms with Gasteiger partial charge in [0.25, 0.3) is 0 Å². The maximum absolute atomic E-state index is 6.06. The molecule has 2 heterocycles. The molecule has 1 unspecified atom stereocenters. The molecule has 3 rings (SSSR count). The second-order valence-corrected chi connectivity index (χ2v) is 5.75. The normalized spacial score (nSPS) is 12.8. The lowest BCUT2D eigenvalue weighted by Gasteiger charge is -2.06. The van der Waals surface area contributed by atoms with Gasteiger partial charge in [-0.05, 0) is 28.4 Å². The minimum absolute atomic E-state index is 0.112. The first-order valence-electron chi connectivity index (χ1n) is 6.21. The zero-order valence-corrected chi connectivity index (χ0v) is 13.4. The van der Waals surface area contributed by atoms with Crippen LogP contribution in [0.3, 0.4) is 0 Å². The van der Waals surface area contributed by atoms with Crippen molar-refractivity contribution >= 4 is 33.2 Å². The molecular weight excluding hydrogens is 340 g/mol. The summed E-state index contributed by atoms with van der Waals surface area (Å²) in [6.07, 6.45) is 0. The van der Waals surface area contributed by atoms with Gasteiger partial charge in [0.05, 0.1) is 4.47 Å². The van der Waals surface area contributed by atoms with Gasteiger partial charge in [0, 0.05) is 5.92 Å². The van der Waals surface area contributed by atoms with Gasteiger partial charge in [0.1, 0.15) is 11.0 Å². The van der Waals surface area contributed by atoms with E-state index >= 15 is 0 Å². The van der Waals surface area contributed by atoms with E-state index in [1.165, 1.54) is 5.56 Å². The van der Waals surface area contributed by atoms with E-state index < -0.39 is 0 Å². The first kappa shape index (κ1) is 13.5. The summed E-state index contributed by atoms with van der Waals surface area (Å²) < 4.78 is 2.38. The molecule has 0 fully saturated rings.